The van der Waals surface area contributed by atoms with E-state index >= 15 is 0 Å². The van der Waals surface area contributed by atoms with Crippen molar-refractivity contribution < 1.29 is 4.79 Å². The summed E-state index contributed by atoms with van der Waals surface area (Å²) in [5.41, 5.74) is 0.713. The topological polar surface area (TPSA) is 49.6 Å². The van der Waals surface area contributed by atoms with Gasteiger partial charge in [0.05, 0.1) is 11.7 Å². The SMILES string of the molecule is CN(C)C(CNC(=O)/C=C/c1c(Cl)nc2sccn12)c1cccs1. The number of thiophene rings is 1. The number of carbonyl (C=O) groups is 1. The minimum absolute atomic E-state index is 0.153. The highest BCUT2D eigenvalue weighted by Crippen LogP contribution is 2.23. The van der Waals surface area contributed by atoms with Gasteiger partial charge in [-0.1, -0.05) is 17.7 Å². The molecule has 0 aromatic carbocycles. The van der Waals surface area contributed by atoms with E-state index in [9.17, 15) is 4.79 Å². The Kier molecular flexibility index (Phi) is 5.35. The van der Waals surface area contributed by atoms with Crippen molar-refractivity contribution in [2.45, 2.75) is 6.04 Å². The van der Waals surface area contributed by atoms with E-state index in [1.165, 1.54) is 22.3 Å². The standard InChI is InChI=1S/C16H17ClN4OS2/c1-20(2)12(13-4-3-8-23-13)10-18-14(22)6-5-11-15(17)19-16-21(11)7-9-24-16/h3-9,12H,10H2,1-2H3,(H,18,22)/b6-5+. The zero-order valence-electron chi connectivity index (χ0n) is 13.3. The number of thiazole rings is 1. The van der Waals surface area contributed by atoms with Crippen molar-refractivity contribution in [2.24, 2.45) is 0 Å². The van der Waals surface area contributed by atoms with Gasteiger partial charge < -0.3 is 10.2 Å². The number of fused-ring (bicyclic) bond motifs is 1. The van der Waals surface area contributed by atoms with Crippen LogP contribution in [0.25, 0.3) is 11.0 Å². The average molecular weight is 381 g/mol. The highest BCUT2D eigenvalue weighted by molar-refractivity contribution is 7.15. The maximum absolute atomic E-state index is 12.1. The molecule has 0 saturated heterocycles. The van der Waals surface area contributed by atoms with E-state index in [4.69, 9.17) is 11.6 Å². The second kappa shape index (κ2) is 7.48. The molecule has 0 aliphatic heterocycles. The van der Waals surface area contributed by atoms with Gasteiger partial charge in [-0.15, -0.1) is 22.7 Å². The predicted octanol–water partition coefficient (Wildman–Crippen LogP) is 3.54. The van der Waals surface area contributed by atoms with Gasteiger partial charge >= 0.3 is 0 Å². The number of halogens is 1. The normalized spacial score (nSPS) is 13.2. The van der Waals surface area contributed by atoms with Crippen molar-refractivity contribution in [1.29, 1.82) is 0 Å². The summed E-state index contributed by atoms with van der Waals surface area (Å²) in [6.07, 6.45) is 5.07. The van der Waals surface area contributed by atoms with Crippen LogP contribution >= 0.6 is 34.3 Å². The molecule has 24 heavy (non-hydrogen) atoms. The van der Waals surface area contributed by atoms with Gasteiger partial charge in [-0.05, 0) is 31.6 Å². The van der Waals surface area contributed by atoms with Crippen molar-refractivity contribution in [3.63, 3.8) is 0 Å². The second-order valence-electron chi connectivity index (χ2n) is 5.42. The predicted molar refractivity (Wildman–Crippen MR) is 101 cm³/mol. The maximum atomic E-state index is 12.1. The van der Waals surface area contributed by atoms with E-state index in [2.05, 4.69) is 21.3 Å². The van der Waals surface area contributed by atoms with Gasteiger partial charge in [-0.25, -0.2) is 4.98 Å². The number of aromatic nitrogens is 2. The molecule has 3 heterocycles. The van der Waals surface area contributed by atoms with Crippen LogP contribution in [0, 0.1) is 0 Å². The Hall–Kier alpha value is -1.67. The van der Waals surface area contributed by atoms with Gasteiger partial charge in [-0.2, -0.15) is 0 Å². The lowest BCUT2D eigenvalue weighted by molar-refractivity contribution is -0.116. The molecule has 3 aromatic rings. The van der Waals surface area contributed by atoms with E-state index in [0.717, 1.165) is 4.96 Å². The summed E-state index contributed by atoms with van der Waals surface area (Å²) in [4.78, 5) is 20.5. The zero-order valence-corrected chi connectivity index (χ0v) is 15.7. The Morgan fingerprint density at radius 1 is 1.46 bits per heavy atom. The molecule has 0 saturated carbocycles. The molecule has 1 unspecified atom stereocenters. The van der Waals surface area contributed by atoms with Crippen LogP contribution < -0.4 is 5.32 Å². The van der Waals surface area contributed by atoms with Crippen LogP contribution in [0.2, 0.25) is 5.15 Å². The number of carbonyl (C=O) groups excluding carboxylic acids is 1. The van der Waals surface area contributed by atoms with Crippen molar-refractivity contribution >= 4 is 51.2 Å². The summed E-state index contributed by atoms with van der Waals surface area (Å²) < 4.78 is 1.87. The molecule has 3 aromatic heterocycles. The molecule has 0 fully saturated rings. The summed E-state index contributed by atoms with van der Waals surface area (Å²) in [5, 5.41) is 7.32. The highest BCUT2D eigenvalue weighted by atomic mass is 35.5. The fourth-order valence-electron chi connectivity index (χ4n) is 2.36. The molecule has 8 heteroatoms. The largest absolute Gasteiger partial charge is 0.351 e. The summed E-state index contributed by atoms with van der Waals surface area (Å²) in [7, 11) is 4.01. The van der Waals surface area contributed by atoms with E-state index in [0.29, 0.717) is 17.4 Å². The van der Waals surface area contributed by atoms with Gasteiger partial charge in [0.2, 0.25) is 5.91 Å². The lowest BCUT2D eigenvalue weighted by Gasteiger charge is -2.23. The number of hydrogen-bond acceptors (Lipinski definition) is 5. The molecule has 5 nitrogen and oxygen atoms in total. The molecule has 1 amide bonds. The van der Waals surface area contributed by atoms with Gasteiger partial charge in [0.15, 0.2) is 10.1 Å². The number of rotatable bonds is 6. The Morgan fingerprint density at radius 3 is 3.00 bits per heavy atom. The first kappa shape index (κ1) is 17.2. The lowest BCUT2D eigenvalue weighted by Crippen LogP contribution is -2.33. The van der Waals surface area contributed by atoms with E-state index in [1.807, 2.05) is 41.5 Å². The van der Waals surface area contributed by atoms with Crippen molar-refractivity contribution in [1.82, 2.24) is 19.6 Å². The molecule has 0 aliphatic carbocycles. The van der Waals surface area contributed by atoms with Crippen molar-refractivity contribution in [3.05, 3.63) is 50.9 Å². The van der Waals surface area contributed by atoms with Gasteiger partial charge in [-0.3, -0.25) is 9.20 Å². The van der Waals surface area contributed by atoms with E-state index < -0.39 is 0 Å². The zero-order chi connectivity index (χ0) is 17.1. The summed E-state index contributed by atoms with van der Waals surface area (Å²) in [6.45, 7) is 0.546. The van der Waals surface area contributed by atoms with Gasteiger partial charge in [0.25, 0.3) is 0 Å². The number of hydrogen-bond donors (Lipinski definition) is 1. The van der Waals surface area contributed by atoms with Crippen LogP contribution in [0.15, 0.2) is 35.2 Å². The fourth-order valence-corrected chi connectivity index (χ4v) is 4.28. The molecule has 1 N–H and O–H groups in total. The molecular weight excluding hydrogens is 364 g/mol. The molecule has 3 rings (SSSR count). The van der Waals surface area contributed by atoms with Crippen LogP contribution in [0.5, 0.6) is 0 Å². The third kappa shape index (κ3) is 3.70. The Morgan fingerprint density at radius 2 is 2.29 bits per heavy atom. The second-order valence-corrected chi connectivity index (χ2v) is 7.63. The van der Waals surface area contributed by atoms with Gasteiger partial charge in [0.1, 0.15) is 0 Å². The third-order valence-electron chi connectivity index (χ3n) is 3.61. The highest BCUT2D eigenvalue weighted by Gasteiger charge is 2.15. The fraction of sp³-hybridized carbons (Fsp3) is 0.250. The molecule has 1 atom stereocenters. The summed E-state index contributed by atoms with van der Waals surface area (Å²) in [6, 6.07) is 4.26. The molecule has 0 radical (unpaired) electrons. The van der Waals surface area contributed by atoms with Gasteiger partial charge in [0, 0.05) is 29.1 Å². The number of likely N-dealkylation sites (N-methyl/N-ethyl adjacent to an activating group) is 1. The minimum atomic E-state index is -0.153. The number of nitrogens with zero attached hydrogens (tertiary/aromatic N) is 3. The Bertz CT molecular complexity index is 851. The van der Waals surface area contributed by atoms with E-state index in [-0.39, 0.29) is 11.9 Å². The number of amides is 1. The Labute approximate surface area is 153 Å². The van der Waals surface area contributed by atoms with Crippen LogP contribution in [-0.2, 0) is 4.79 Å². The molecule has 0 bridgehead atoms. The smallest absolute Gasteiger partial charge is 0.244 e. The summed E-state index contributed by atoms with van der Waals surface area (Å²) in [5.74, 6) is -0.153. The first-order chi connectivity index (χ1) is 11.6. The molecule has 126 valence electrons. The monoisotopic (exact) mass is 380 g/mol. The van der Waals surface area contributed by atoms with Crippen LogP contribution in [-0.4, -0.2) is 40.8 Å². The first-order valence-corrected chi connectivity index (χ1v) is 9.47. The minimum Gasteiger partial charge on any atom is -0.351 e. The average Bonchev–Trinajstić information content (AvgIpc) is 3.23. The Balaban J connectivity index is 1.65. The van der Waals surface area contributed by atoms with E-state index in [1.54, 1.807) is 17.4 Å². The molecular formula is C16H17ClN4OS2. The van der Waals surface area contributed by atoms with Crippen LogP contribution in [0.3, 0.4) is 0 Å². The maximum Gasteiger partial charge on any atom is 0.244 e. The third-order valence-corrected chi connectivity index (χ3v) is 5.62. The molecule has 0 aliphatic rings. The van der Waals surface area contributed by atoms with Crippen molar-refractivity contribution in [2.75, 3.05) is 20.6 Å². The van der Waals surface area contributed by atoms with Crippen molar-refractivity contribution in [3.8, 4) is 0 Å². The number of imidazole rings is 1. The van der Waals surface area contributed by atoms with Crippen LogP contribution in [0.1, 0.15) is 16.6 Å². The number of nitrogens with one attached hydrogen (secondary N) is 1. The quantitative estimate of drug-likeness (QED) is 0.665. The summed E-state index contributed by atoms with van der Waals surface area (Å²) >= 11 is 9.30. The molecule has 0 spiro atoms. The lowest BCUT2D eigenvalue weighted by atomic mass is 10.2. The first-order valence-electron chi connectivity index (χ1n) is 7.33. The van der Waals surface area contributed by atoms with Crippen LogP contribution in [0.4, 0.5) is 0 Å².